The van der Waals surface area contributed by atoms with Gasteiger partial charge < -0.3 is 9.64 Å². The third-order valence-electron chi connectivity index (χ3n) is 4.57. The number of carbonyl (C=O) groups excluding carboxylic acids is 1. The molecule has 120 valence electrons. The topological polar surface area (TPSA) is 32.8 Å². The van der Waals surface area contributed by atoms with Crippen LogP contribution in [0.15, 0.2) is 18.2 Å². The number of rotatable bonds is 2. The van der Waals surface area contributed by atoms with Gasteiger partial charge in [-0.1, -0.05) is 6.07 Å². The van der Waals surface area contributed by atoms with E-state index in [1.165, 1.54) is 18.2 Å². The lowest BCUT2D eigenvalue weighted by molar-refractivity contribution is 0.0442. The molecule has 2 aliphatic heterocycles. The molecule has 1 unspecified atom stereocenters. The third-order valence-corrected chi connectivity index (χ3v) is 4.57. The van der Waals surface area contributed by atoms with Crippen LogP contribution < -0.4 is 0 Å². The number of hydrogen-bond donors (Lipinski definition) is 0. The van der Waals surface area contributed by atoms with Crippen LogP contribution in [0.25, 0.3) is 0 Å². The first-order valence-corrected chi connectivity index (χ1v) is 7.58. The average molecular weight is 310 g/mol. The molecule has 2 heterocycles. The summed E-state index contributed by atoms with van der Waals surface area (Å²) in [6, 6.07) is 3.94. The Morgan fingerprint density at radius 2 is 1.95 bits per heavy atom. The highest BCUT2D eigenvalue weighted by Gasteiger charge is 2.44. The maximum Gasteiger partial charge on any atom is 0.410 e. The van der Waals surface area contributed by atoms with E-state index in [9.17, 15) is 13.6 Å². The molecule has 6 heteroatoms. The van der Waals surface area contributed by atoms with E-state index in [0.717, 1.165) is 19.4 Å². The summed E-state index contributed by atoms with van der Waals surface area (Å²) in [7, 11) is 1.73. The highest BCUT2D eigenvalue weighted by molar-refractivity contribution is 5.70. The molecule has 2 aliphatic rings. The Hall–Kier alpha value is -1.69. The van der Waals surface area contributed by atoms with Gasteiger partial charge in [-0.2, -0.15) is 0 Å². The largest absolute Gasteiger partial charge is 0.441 e. The lowest BCUT2D eigenvalue weighted by atomic mass is 9.95. The van der Waals surface area contributed by atoms with Crippen molar-refractivity contribution in [1.29, 1.82) is 0 Å². The number of amides is 1. The average Bonchev–Trinajstić information content (AvgIpc) is 2.63. The fourth-order valence-electron chi connectivity index (χ4n) is 3.34. The summed E-state index contributed by atoms with van der Waals surface area (Å²) in [5.41, 5.74) is -0.326. The van der Waals surface area contributed by atoms with Crippen molar-refractivity contribution in [1.82, 2.24) is 9.80 Å². The second-order valence-corrected chi connectivity index (χ2v) is 6.24. The summed E-state index contributed by atoms with van der Waals surface area (Å²) >= 11 is 0. The van der Waals surface area contributed by atoms with Gasteiger partial charge in [-0.05, 0) is 31.5 Å². The van der Waals surface area contributed by atoms with Crippen LogP contribution in [0.4, 0.5) is 13.6 Å². The summed E-state index contributed by atoms with van der Waals surface area (Å²) in [6.45, 7) is 2.25. The molecular weight excluding hydrogens is 290 g/mol. The van der Waals surface area contributed by atoms with E-state index in [1.54, 1.807) is 11.9 Å². The standard InChI is InChI=1S/C16H20F2N2O2/c1-19-11-16(22-15(19)21)6-3-8-20(9-7-16)10-12-13(17)4-2-5-14(12)18/h2,4-5H,3,6-11H2,1H3. The zero-order valence-corrected chi connectivity index (χ0v) is 12.6. The molecule has 1 aromatic rings. The Morgan fingerprint density at radius 3 is 2.59 bits per heavy atom. The lowest BCUT2D eigenvalue weighted by Gasteiger charge is -2.25. The molecule has 1 amide bonds. The summed E-state index contributed by atoms with van der Waals surface area (Å²) in [4.78, 5) is 15.2. The molecule has 4 nitrogen and oxygen atoms in total. The third kappa shape index (κ3) is 2.92. The van der Waals surface area contributed by atoms with Crippen molar-refractivity contribution >= 4 is 6.09 Å². The molecular formula is C16H20F2N2O2. The Labute approximate surface area is 128 Å². The lowest BCUT2D eigenvalue weighted by Crippen LogP contribution is -2.35. The van der Waals surface area contributed by atoms with Gasteiger partial charge in [-0.15, -0.1) is 0 Å². The summed E-state index contributed by atoms with van der Waals surface area (Å²) in [5, 5.41) is 0. The van der Waals surface area contributed by atoms with Crippen LogP contribution in [0.5, 0.6) is 0 Å². The van der Waals surface area contributed by atoms with Crippen LogP contribution >= 0.6 is 0 Å². The number of halogens is 2. The van der Waals surface area contributed by atoms with Crippen molar-refractivity contribution in [3.63, 3.8) is 0 Å². The highest BCUT2D eigenvalue weighted by atomic mass is 19.1. The molecule has 0 aliphatic carbocycles. The first-order chi connectivity index (χ1) is 10.5. The summed E-state index contributed by atoms with van der Waals surface area (Å²) in [5.74, 6) is -1.02. The molecule has 1 spiro atoms. The normalized spacial score (nSPS) is 26.3. The van der Waals surface area contributed by atoms with E-state index in [-0.39, 0.29) is 18.2 Å². The first kappa shape index (κ1) is 15.2. The monoisotopic (exact) mass is 310 g/mol. The number of likely N-dealkylation sites (N-methyl/N-ethyl adjacent to an activating group) is 1. The van der Waals surface area contributed by atoms with Gasteiger partial charge in [-0.25, -0.2) is 13.6 Å². The number of benzene rings is 1. The molecule has 0 bridgehead atoms. The predicted molar refractivity (Wildman–Crippen MR) is 77.3 cm³/mol. The zero-order valence-electron chi connectivity index (χ0n) is 12.6. The maximum atomic E-state index is 13.8. The van der Waals surface area contributed by atoms with Gasteiger partial charge in [0.25, 0.3) is 0 Å². The van der Waals surface area contributed by atoms with Gasteiger partial charge in [0.15, 0.2) is 0 Å². The molecule has 1 aromatic carbocycles. The Kier molecular flexibility index (Phi) is 4.04. The van der Waals surface area contributed by atoms with Gasteiger partial charge in [-0.3, -0.25) is 4.90 Å². The molecule has 0 radical (unpaired) electrons. The minimum atomic E-state index is -0.508. The quantitative estimate of drug-likeness (QED) is 0.842. The number of carbonyl (C=O) groups is 1. The van der Waals surface area contributed by atoms with Crippen molar-refractivity contribution in [2.75, 3.05) is 26.7 Å². The van der Waals surface area contributed by atoms with Crippen LogP contribution in [0.1, 0.15) is 24.8 Å². The fourth-order valence-corrected chi connectivity index (χ4v) is 3.34. The zero-order chi connectivity index (χ0) is 15.7. The Balaban J connectivity index is 1.67. The van der Waals surface area contributed by atoms with Crippen molar-refractivity contribution in [2.45, 2.75) is 31.4 Å². The molecule has 2 fully saturated rings. The van der Waals surface area contributed by atoms with E-state index in [0.29, 0.717) is 19.5 Å². The molecule has 0 aromatic heterocycles. The van der Waals surface area contributed by atoms with Gasteiger partial charge in [0, 0.05) is 32.1 Å². The van der Waals surface area contributed by atoms with Crippen molar-refractivity contribution < 1.29 is 18.3 Å². The fraction of sp³-hybridized carbons (Fsp3) is 0.562. The van der Waals surface area contributed by atoms with Gasteiger partial charge >= 0.3 is 6.09 Å². The SMILES string of the molecule is CN1CC2(CCCN(Cc3c(F)cccc3F)CC2)OC1=O. The van der Waals surface area contributed by atoms with E-state index in [2.05, 4.69) is 0 Å². The summed E-state index contributed by atoms with van der Waals surface area (Å²) in [6.07, 6.45) is 2.05. The van der Waals surface area contributed by atoms with Crippen LogP contribution in [0.2, 0.25) is 0 Å². The van der Waals surface area contributed by atoms with Crippen LogP contribution in [-0.2, 0) is 11.3 Å². The summed E-state index contributed by atoms with van der Waals surface area (Å²) < 4.78 is 33.1. The first-order valence-electron chi connectivity index (χ1n) is 7.58. The maximum absolute atomic E-state index is 13.8. The number of likely N-dealkylation sites (tertiary alicyclic amines) is 1. The van der Waals surface area contributed by atoms with Crippen molar-refractivity contribution in [3.05, 3.63) is 35.4 Å². The number of ether oxygens (including phenoxy) is 1. The Morgan fingerprint density at radius 1 is 1.23 bits per heavy atom. The van der Waals surface area contributed by atoms with Crippen LogP contribution in [0, 0.1) is 11.6 Å². The van der Waals surface area contributed by atoms with Gasteiger partial charge in [0.1, 0.15) is 17.2 Å². The Bertz CT molecular complexity index is 561. The molecule has 1 atom stereocenters. The van der Waals surface area contributed by atoms with E-state index < -0.39 is 17.2 Å². The molecule has 22 heavy (non-hydrogen) atoms. The van der Waals surface area contributed by atoms with Gasteiger partial charge in [0.05, 0.1) is 6.54 Å². The van der Waals surface area contributed by atoms with Gasteiger partial charge in [0.2, 0.25) is 0 Å². The molecule has 0 N–H and O–H groups in total. The van der Waals surface area contributed by atoms with Crippen molar-refractivity contribution in [2.24, 2.45) is 0 Å². The second kappa shape index (κ2) is 5.83. The predicted octanol–water partition coefficient (Wildman–Crippen LogP) is 2.77. The van der Waals surface area contributed by atoms with E-state index in [1.807, 2.05) is 4.90 Å². The van der Waals surface area contributed by atoms with E-state index >= 15 is 0 Å². The smallest absolute Gasteiger partial charge is 0.410 e. The minimum Gasteiger partial charge on any atom is -0.441 e. The second-order valence-electron chi connectivity index (χ2n) is 6.24. The van der Waals surface area contributed by atoms with E-state index in [4.69, 9.17) is 4.74 Å². The minimum absolute atomic E-state index is 0.110. The van der Waals surface area contributed by atoms with Crippen LogP contribution in [0.3, 0.4) is 0 Å². The molecule has 3 rings (SSSR count). The molecule has 2 saturated heterocycles. The molecule has 0 saturated carbocycles. The van der Waals surface area contributed by atoms with Crippen molar-refractivity contribution in [3.8, 4) is 0 Å². The van der Waals surface area contributed by atoms with Crippen LogP contribution in [-0.4, -0.2) is 48.2 Å². The highest BCUT2D eigenvalue weighted by Crippen LogP contribution is 2.33. The number of nitrogens with zero attached hydrogens (tertiary/aromatic N) is 2. The number of hydrogen-bond acceptors (Lipinski definition) is 3.